The number of hydrogen-bond acceptors (Lipinski definition) is 4. The number of nitrogens with one attached hydrogen (secondary N) is 1. The van der Waals surface area contributed by atoms with E-state index >= 15 is 0 Å². The number of carboxylic acid groups (broad SMARTS) is 1. The number of anilines is 1. The molecule has 0 aliphatic rings. The second kappa shape index (κ2) is 6.58. The van der Waals surface area contributed by atoms with Crippen LogP contribution in [0.1, 0.15) is 30.3 Å². The quantitative estimate of drug-likeness (QED) is 0.696. The van der Waals surface area contributed by atoms with Crippen LogP contribution < -0.4 is 11.1 Å². The zero-order chi connectivity index (χ0) is 13.5. The molecule has 0 radical (unpaired) electrons. The van der Waals surface area contributed by atoms with Gasteiger partial charge in [0.2, 0.25) is 0 Å². The van der Waals surface area contributed by atoms with Gasteiger partial charge >= 0.3 is 5.97 Å². The van der Waals surface area contributed by atoms with Crippen LogP contribution in [0.5, 0.6) is 0 Å². The van der Waals surface area contributed by atoms with Crippen LogP contribution >= 0.6 is 0 Å². The van der Waals surface area contributed by atoms with Gasteiger partial charge in [-0.15, -0.1) is 0 Å². The van der Waals surface area contributed by atoms with E-state index in [-0.39, 0.29) is 12.2 Å². The van der Waals surface area contributed by atoms with Gasteiger partial charge in [0.1, 0.15) is 5.69 Å². The van der Waals surface area contributed by atoms with Crippen molar-refractivity contribution < 1.29 is 14.7 Å². The lowest BCUT2D eigenvalue weighted by Crippen LogP contribution is -2.33. The molecule has 98 valence electrons. The molecule has 1 atom stereocenters. The maximum Gasteiger partial charge on any atom is 0.308 e. The summed E-state index contributed by atoms with van der Waals surface area (Å²) in [5, 5.41) is 11.5. The third-order valence-corrected chi connectivity index (χ3v) is 2.51. The highest BCUT2D eigenvalue weighted by atomic mass is 16.4. The highest BCUT2D eigenvalue weighted by Gasteiger charge is 2.17. The maximum absolute atomic E-state index is 11.7. The van der Waals surface area contributed by atoms with Crippen molar-refractivity contribution in [3.8, 4) is 0 Å². The van der Waals surface area contributed by atoms with Gasteiger partial charge in [0.05, 0.1) is 17.8 Å². The van der Waals surface area contributed by atoms with Gasteiger partial charge in [-0.1, -0.05) is 13.3 Å². The Balaban J connectivity index is 2.54. The van der Waals surface area contributed by atoms with Crippen molar-refractivity contribution in [2.45, 2.75) is 19.8 Å². The minimum absolute atomic E-state index is 0.105. The third kappa shape index (κ3) is 4.04. The number of amides is 1. The maximum atomic E-state index is 11.7. The number of carbonyl (C=O) groups excluding carboxylic acids is 1. The molecule has 0 fully saturated rings. The highest BCUT2D eigenvalue weighted by Crippen LogP contribution is 2.06. The minimum Gasteiger partial charge on any atom is -0.481 e. The Labute approximate surface area is 105 Å². The topological polar surface area (TPSA) is 105 Å². The summed E-state index contributed by atoms with van der Waals surface area (Å²) < 4.78 is 0. The number of nitrogens with zero attached hydrogens (tertiary/aromatic N) is 1. The largest absolute Gasteiger partial charge is 0.481 e. The van der Waals surface area contributed by atoms with Crippen LogP contribution in [0, 0.1) is 5.92 Å². The monoisotopic (exact) mass is 251 g/mol. The zero-order valence-electron chi connectivity index (χ0n) is 10.2. The second-order valence-electron chi connectivity index (χ2n) is 4.01. The SMILES string of the molecule is CCCC(CNC(=O)c1ccc(N)cn1)C(=O)O. The minimum atomic E-state index is -0.901. The summed E-state index contributed by atoms with van der Waals surface area (Å²) in [7, 11) is 0. The molecule has 18 heavy (non-hydrogen) atoms. The van der Waals surface area contributed by atoms with Gasteiger partial charge < -0.3 is 16.2 Å². The van der Waals surface area contributed by atoms with Gasteiger partial charge in [0, 0.05) is 6.54 Å². The van der Waals surface area contributed by atoms with Gasteiger partial charge in [-0.3, -0.25) is 9.59 Å². The van der Waals surface area contributed by atoms with Crippen molar-refractivity contribution in [1.29, 1.82) is 0 Å². The molecule has 1 amide bonds. The van der Waals surface area contributed by atoms with Crippen molar-refractivity contribution in [2.24, 2.45) is 5.92 Å². The lowest BCUT2D eigenvalue weighted by Gasteiger charge is -2.11. The fourth-order valence-electron chi connectivity index (χ4n) is 1.51. The van der Waals surface area contributed by atoms with Crippen molar-refractivity contribution in [3.05, 3.63) is 24.0 Å². The Morgan fingerprint density at radius 3 is 2.72 bits per heavy atom. The molecule has 4 N–H and O–H groups in total. The molecule has 0 bridgehead atoms. The molecule has 0 aromatic carbocycles. The van der Waals surface area contributed by atoms with E-state index in [0.717, 1.165) is 6.42 Å². The number of carbonyl (C=O) groups is 2. The fraction of sp³-hybridized carbons (Fsp3) is 0.417. The predicted molar refractivity (Wildman–Crippen MR) is 67.0 cm³/mol. The molecule has 1 aromatic rings. The molecule has 0 aliphatic heterocycles. The first-order chi connectivity index (χ1) is 8.54. The summed E-state index contributed by atoms with van der Waals surface area (Å²) in [5.41, 5.74) is 6.16. The molecule has 0 saturated heterocycles. The fourth-order valence-corrected chi connectivity index (χ4v) is 1.51. The van der Waals surface area contributed by atoms with Crippen LogP contribution in [0.15, 0.2) is 18.3 Å². The van der Waals surface area contributed by atoms with Crippen LogP contribution in [0.2, 0.25) is 0 Å². The van der Waals surface area contributed by atoms with E-state index in [9.17, 15) is 9.59 Å². The van der Waals surface area contributed by atoms with Crippen LogP contribution in [0.3, 0.4) is 0 Å². The second-order valence-corrected chi connectivity index (χ2v) is 4.01. The molecule has 1 unspecified atom stereocenters. The van der Waals surface area contributed by atoms with Gasteiger partial charge in [-0.2, -0.15) is 0 Å². The molecule has 0 spiro atoms. The summed E-state index contributed by atoms with van der Waals surface area (Å²) in [5.74, 6) is -1.85. The van der Waals surface area contributed by atoms with Crippen LogP contribution in [-0.4, -0.2) is 28.5 Å². The number of pyridine rings is 1. The molecule has 0 aliphatic carbocycles. The summed E-state index contributed by atoms with van der Waals surface area (Å²) >= 11 is 0. The Morgan fingerprint density at radius 2 is 2.22 bits per heavy atom. The number of rotatable bonds is 6. The summed E-state index contributed by atoms with van der Waals surface area (Å²) in [4.78, 5) is 26.4. The number of nitrogens with two attached hydrogens (primary N) is 1. The molecule has 1 heterocycles. The summed E-state index contributed by atoms with van der Waals surface area (Å²) in [6, 6.07) is 3.07. The average Bonchev–Trinajstić information content (AvgIpc) is 2.34. The van der Waals surface area contributed by atoms with Crippen LogP contribution in [0.4, 0.5) is 5.69 Å². The molecule has 6 heteroatoms. The molecule has 6 nitrogen and oxygen atoms in total. The molecule has 1 aromatic heterocycles. The van der Waals surface area contributed by atoms with E-state index in [0.29, 0.717) is 12.1 Å². The number of nitrogen functional groups attached to an aromatic ring is 1. The number of aliphatic carboxylic acids is 1. The summed E-state index contributed by atoms with van der Waals surface area (Å²) in [6.07, 6.45) is 2.67. The van der Waals surface area contributed by atoms with E-state index in [1.54, 1.807) is 6.07 Å². The van der Waals surface area contributed by atoms with Gasteiger partial charge in [-0.05, 0) is 18.6 Å². The Kier molecular flexibility index (Phi) is 5.10. The van der Waals surface area contributed by atoms with E-state index in [2.05, 4.69) is 10.3 Å². The smallest absolute Gasteiger partial charge is 0.308 e. The standard InChI is InChI=1S/C12H17N3O3/c1-2-3-8(12(17)18)6-15-11(16)10-5-4-9(13)7-14-10/h4-5,7-8H,2-3,6,13H2,1H3,(H,15,16)(H,17,18). The van der Waals surface area contributed by atoms with E-state index in [1.807, 2.05) is 6.92 Å². The number of carboxylic acids is 1. The van der Waals surface area contributed by atoms with Gasteiger partial charge in [0.15, 0.2) is 0 Å². The Bertz CT molecular complexity index is 417. The van der Waals surface area contributed by atoms with E-state index < -0.39 is 17.8 Å². The van der Waals surface area contributed by atoms with Gasteiger partial charge in [-0.25, -0.2) is 4.98 Å². The van der Waals surface area contributed by atoms with Crippen molar-refractivity contribution in [3.63, 3.8) is 0 Å². The zero-order valence-corrected chi connectivity index (χ0v) is 10.2. The normalized spacial score (nSPS) is 11.8. The number of hydrogen-bond donors (Lipinski definition) is 3. The molecule has 1 rings (SSSR count). The van der Waals surface area contributed by atoms with Crippen molar-refractivity contribution in [1.82, 2.24) is 10.3 Å². The lowest BCUT2D eigenvalue weighted by molar-refractivity contribution is -0.141. The van der Waals surface area contributed by atoms with Crippen molar-refractivity contribution >= 4 is 17.6 Å². The van der Waals surface area contributed by atoms with E-state index in [4.69, 9.17) is 10.8 Å². The predicted octanol–water partition coefficient (Wildman–Crippen LogP) is 0.895. The molecular weight excluding hydrogens is 234 g/mol. The Hall–Kier alpha value is -2.11. The highest BCUT2D eigenvalue weighted by molar-refractivity contribution is 5.92. The average molecular weight is 251 g/mol. The molecular formula is C12H17N3O3. The third-order valence-electron chi connectivity index (χ3n) is 2.51. The van der Waals surface area contributed by atoms with Crippen LogP contribution in [0.25, 0.3) is 0 Å². The Morgan fingerprint density at radius 1 is 1.50 bits per heavy atom. The van der Waals surface area contributed by atoms with Gasteiger partial charge in [0.25, 0.3) is 5.91 Å². The first kappa shape index (κ1) is 14.0. The first-order valence-electron chi connectivity index (χ1n) is 5.77. The summed E-state index contributed by atoms with van der Waals surface area (Å²) in [6.45, 7) is 2.01. The van der Waals surface area contributed by atoms with Crippen LogP contribution in [-0.2, 0) is 4.79 Å². The lowest BCUT2D eigenvalue weighted by atomic mass is 10.0. The molecule has 0 saturated carbocycles. The number of aromatic nitrogens is 1. The van der Waals surface area contributed by atoms with E-state index in [1.165, 1.54) is 12.3 Å². The van der Waals surface area contributed by atoms with Crippen molar-refractivity contribution in [2.75, 3.05) is 12.3 Å². The first-order valence-corrected chi connectivity index (χ1v) is 5.77.